The van der Waals surface area contributed by atoms with Gasteiger partial charge in [0.15, 0.2) is 5.82 Å². The minimum absolute atomic E-state index is 0.0546. The molecule has 0 aliphatic heterocycles. The molecule has 1 N–H and O–H groups in total. The van der Waals surface area contributed by atoms with Crippen molar-refractivity contribution in [2.24, 2.45) is 0 Å². The van der Waals surface area contributed by atoms with Crippen LogP contribution in [0.25, 0.3) is 11.3 Å². The molecule has 3 aromatic carbocycles. The van der Waals surface area contributed by atoms with Gasteiger partial charge >= 0.3 is 0 Å². The molecule has 0 fully saturated rings. The fourth-order valence-electron chi connectivity index (χ4n) is 3.17. The van der Waals surface area contributed by atoms with Crippen molar-refractivity contribution >= 4 is 11.7 Å². The lowest BCUT2D eigenvalue weighted by molar-refractivity contribution is -0.268. The van der Waals surface area contributed by atoms with Gasteiger partial charge < -0.3 is 10.4 Å². The number of hydrogen-bond donors (Lipinski definition) is 1. The Morgan fingerprint density at radius 3 is 2.13 bits per heavy atom. The van der Waals surface area contributed by atoms with Crippen LogP contribution in [0.3, 0.4) is 0 Å². The molecule has 0 saturated carbocycles. The molecular formula is C25H20N3O2-. The average molecular weight is 394 g/mol. The van der Waals surface area contributed by atoms with E-state index >= 15 is 0 Å². The van der Waals surface area contributed by atoms with E-state index in [1.165, 1.54) is 12.1 Å². The first-order valence-corrected chi connectivity index (χ1v) is 9.68. The van der Waals surface area contributed by atoms with Crippen LogP contribution in [0.1, 0.15) is 16.8 Å². The van der Waals surface area contributed by atoms with Crippen LogP contribution < -0.4 is 10.4 Å². The van der Waals surface area contributed by atoms with Crippen molar-refractivity contribution < 1.29 is 9.90 Å². The number of nitrogens with one attached hydrogen (secondary N) is 1. The zero-order valence-electron chi connectivity index (χ0n) is 16.3. The lowest BCUT2D eigenvalue weighted by Crippen LogP contribution is -2.17. The second kappa shape index (κ2) is 9.01. The summed E-state index contributed by atoms with van der Waals surface area (Å²) in [5.74, 6) is 0.248. The topological polar surface area (TPSA) is 77.9 Å². The fourth-order valence-corrected chi connectivity index (χ4v) is 3.17. The molecule has 0 bridgehead atoms. The normalized spacial score (nSPS) is 10.5. The first-order chi connectivity index (χ1) is 14.7. The largest absolute Gasteiger partial charge is 0.872 e. The molecule has 1 aromatic heterocycles. The molecule has 1 heterocycles. The SMILES string of the molecule is O=C(Cc1ccccc1)Nc1ncc(-c2ccc([O-])cc2)nc1Cc1ccccc1. The van der Waals surface area contributed by atoms with Crippen LogP contribution in [0.2, 0.25) is 0 Å². The molecule has 4 aromatic rings. The Morgan fingerprint density at radius 2 is 1.47 bits per heavy atom. The highest BCUT2D eigenvalue weighted by molar-refractivity contribution is 5.92. The number of benzene rings is 3. The van der Waals surface area contributed by atoms with E-state index in [4.69, 9.17) is 4.98 Å². The van der Waals surface area contributed by atoms with Crippen molar-refractivity contribution in [3.8, 4) is 17.0 Å². The third-order valence-electron chi connectivity index (χ3n) is 4.67. The van der Waals surface area contributed by atoms with Gasteiger partial charge in [-0.2, -0.15) is 0 Å². The predicted molar refractivity (Wildman–Crippen MR) is 115 cm³/mol. The van der Waals surface area contributed by atoms with Gasteiger partial charge in [-0.25, -0.2) is 9.97 Å². The minimum atomic E-state index is -0.145. The van der Waals surface area contributed by atoms with E-state index < -0.39 is 0 Å². The quantitative estimate of drug-likeness (QED) is 0.536. The maximum atomic E-state index is 12.6. The molecule has 0 aliphatic rings. The molecule has 1 amide bonds. The van der Waals surface area contributed by atoms with Crippen LogP contribution in [0.4, 0.5) is 5.82 Å². The Bertz CT molecular complexity index is 1130. The molecule has 5 heteroatoms. The Labute approximate surface area is 175 Å². The lowest BCUT2D eigenvalue weighted by atomic mass is 10.1. The molecule has 0 spiro atoms. The number of anilines is 1. The second-order valence-electron chi connectivity index (χ2n) is 6.95. The molecule has 30 heavy (non-hydrogen) atoms. The van der Waals surface area contributed by atoms with Crippen molar-refractivity contribution in [3.63, 3.8) is 0 Å². The van der Waals surface area contributed by atoms with Gasteiger partial charge in [0.1, 0.15) is 0 Å². The summed E-state index contributed by atoms with van der Waals surface area (Å²) < 4.78 is 0. The molecular weight excluding hydrogens is 374 g/mol. The van der Waals surface area contributed by atoms with Crippen molar-refractivity contribution in [1.82, 2.24) is 9.97 Å². The summed E-state index contributed by atoms with van der Waals surface area (Å²) in [6.07, 6.45) is 2.41. The van der Waals surface area contributed by atoms with E-state index in [9.17, 15) is 9.90 Å². The van der Waals surface area contributed by atoms with Crippen molar-refractivity contribution in [3.05, 3.63) is 108 Å². The highest BCUT2D eigenvalue weighted by atomic mass is 16.3. The van der Waals surface area contributed by atoms with Crippen LogP contribution in [-0.2, 0) is 17.6 Å². The molecule has 0 aliphatic carbocycles. The number of rotatable bonds is 6. The van der Waals surface area contributed by atoms with Crippen LogP contribution >= 0.6 is 0 Å². The van der Waals surface area contributed by atoms with E-state index in [0.717, 1.165) is 16.7 Å². The standard InChI is InChI=1S/C25H21N3O2/c29-21-13-11-20(12-14-21)23-17-26-25(22(27-23)15-18-7-3-1-4-8-18)28-24(30)16-19-9-5-2-6-10-19/h1-14,17,29H,15-16H2,(H,26,28,30)/p-1. The predicted octanol–water partition coefficient (Wildman–Crippen LogP) is 3.99. The number of carbonyl (C=O) groups excluding carboxylic acids is 1. The summed E-state index contributed by atoms with van der Waals surface area (Å²) in [7, 11) is 0. The van der Waals surface area contributed by atoms with Gasteiger partial charge in [-0.3, -0.25) is 4.79 Å². The number of aromatic nitrogens is 2. The third-order valence-corrected chi connectivity index (χ3v) is 4.67. The van der Waals surface area contributed by atoms with Crippen LogP contribution in [-0.4, -0.2) is 15.9 Å². The summed E-state index contributed by atoms with van der Waals surface area (Å²) in [4.78, 5) is 21.8. The smallest absolute Gasteiger partial charge is 0.229 e. The van der Waals surface area contributed by atoms with Gasteiger partial charge in [0, 0.05) is 12.0 Å². The monoisotopic (exact) mass is 394 g/mol. The van der Waals surface area contributed by atoms with Gasteiger partial charge in [-0.15, -0.1) is 5.75 Å². The highest BCUT2D eigenvalue weighted by Crippen LogP contribution is 2.23. The Morgan fingerprint density at radius 1 is 0.833 bits per heavy atom. The van der Waals surface area contributed by atoms with E-state index in [0.29, 0.717) is 23.6 Å². The van der Waals surface area contributed by atoms with Crippen molar-refractivity contribution in [2.45, 2.75) is 12.8 Å². The number of nitrogens with zero attached hydrogens (tertiary/aromatic N) is 2. The van der Waals surface area contributed by atoms with E-state index in [1.807, 2.05) is 60.7 Å². The van der Waals surface area contributed by atoms with Crippen molar-refractivity contribution in [2.75, 3.05) is 5.32 Å². The third kappa shape index (κ3) is 4.89. The molecule has 0 unspecified atom stereocenters. The van der Waals surface area contributed by atoms with Crippen LogP contribution in [0.5, 0.6) is 5.75 Å². The number of amides is 1. The van der Waals surface area contributed by atoms with Gasteiger partial charge in [0.05, 0.1) is 24.0 Å². The Kier molecular flexibility index (Phi) is 5.80. The summed E-state index contributed by atoms with van der Waals surface area (Å²) in [5, 5.41) is 14.3. The molecule has 0 saturated heterocycles. The summed E-state index contributed by atoms with van der Waals surface area (Å²) in [5.41, 5.74) is 4.13. The lowest BCUT2D eigenvalue weighted by Gasteiger charge is -2.12. The van der Waals surface area contributed by atoms with Gasteiger partial charge in [-0.05, 0) is 11.1 Å². The molecule has 0 radical (unpaired) electrons. The zero-order chi connectivity index (χ0) is 20.8. The summed E-state index contributed by atoms with van der Waals surface area (Å²) in [6.45, 7) is 0. The van der Waals surface area contributed by atoms with Gasteiger partial charge in [0.25, 0.3) is 0 Å². The maximum Gasteiger partial charge on any atom is 0.229 e. The summed E-state index contributed by atoms with van der Waals surface area (Å²) in [6, 6.07) is 25.9. The summed E-state index contributed by atoms with van der Waals surface area (Å²) >= 11 is 0. The van der Waals surface area contributed by atoms with Crippen molar-refractivity contribution in [1.29, 1.82) is 0 Å². The van der Waals surface area contributed by atoms with Crippen LogP contribution in [0, 0.1) is 0 Å². The Hall–Kier alpha value is -3.99. The highest BCUT2D eigenvalue weighted by Gasteiger charge is 2.13. The maximum absolute atomic E-state index is 12.6. The minimum Gasteiger partial charge on any atom is -0.872 e. The fraction of sp³-hybridized carbons (Fsp3) is 0.0800. The zero-order valence-corrected chi connectivity index (χ0v) is 16.3. The Balaban J connectivity index is 1.62. The van der Waals surface area contributed by atoms with Gasteiger partial charge in [0.2, 0.25) is 5.91 Å². The molecule has 148 valence electrons. The molecule has 4 rings (SSSR count). The number of carbonyl (C=O) groups is 1. The van der Waals surface area contributed by atoms with E-state index in [2.05, 4.69) is 10.3 Å². The van der Waals surface area contributed by atoms with E-state index in [-0.39, 0.29) is 18.1 Å². The number of hydrogen-bond acceptors (Lipinski definition) is 4. The molecule has 0 atom stereocenters. The first-order valence-electron chi connectivity index (χ1n) is 9.68. The van der Waals surface area contributed by atoms with Crippen LogP contribution in [0.15, 0.2) is 91.1 Å². The molecule has 5 nitrogen and oxygen atoms in total. The van der Waals surface area contributed by atoms with E-state index in [1.54, 1.807) is 18.3 Å². The van der Waals surface area contributed by atoms with Gasteiger partial charge in [-0.1, -0.05) is 84.9 Å². The second-order valence-corrected chi connectivity index (χ2v) is 6.95. The first kappa shape index (κ1) is 19.3. The average Bonchev–Trinajstić information content (AvgIpc) is 2.77.